The lowest BCUT2D eigenvalue weighted by Gasteiger charge is -2.09. The van der Waals surface area contributed by atoms with Crippen molar-refractivity contribution in [2.75, 3.05) is 13.1 Å². The summed E-state index contributed by atoms with van der Waals surface area (Å²) in [6.07, 6.45) is 3.23. The predicted octanol–water partition coefficient (Wildman–Crippen LogP) is 0.668. The molecule has 0 aromatic rings. The van der Waals surface area contributed by atoms with Gasteiger partial charge in [0.2, 0.25) is 0 Å². The van der Waals surface area contributed by atoms with E-state index < -0.39 is 0 Å². The lowest BCUT2D eigenvalue weighted by Crippen LogP contribution is -2.10. The minimum atomic E-state index is 0.767. The second-order valence-electron chi connectivity index (χ2n) is 2.18. The van der Waals surface area contributed by atoms with Crippen molar-refractivity contribution in [1.29, 1.82) is 0 Å². The molecule has 9 heavy (non-hydrogen) atoms. The van der Waals surface area contributed by atoms with E-state index >= 15 is 0 Å². The van der Waals surface area contributed by atoms with Crippen molar-refractivity contribution in [2.24, 2.45) is 11.5 Å². The van der Waals surface area contributed by atoms with E-state index in [0.29, 0.717) is 0 Å². The summed E-state index contributed by atoms with van der Waals surface area (Å²) < 4.78 is 0. The molecule has 0 atom stereocenters. The maximum absolute atomic E-state index is 5.37. The van der Waals surface area contributed by atoms with Gasteiger partial charge < -0.3 is 11.5 Å². The standard InChI is InChI=1S/C7H17N2/c1-2-7(3-5-8)4-6-9/h2-6,8-9H2,1H3. The topological polar surface area (TPSA) is 52.0 Å². The lowest BCUT2D eigenvalue weighted by molar-refractivity contribution is 0.683. The van der Waals surface area contributed by atoms with E-state index in [1.807, 2.05) is 0 Å². The molecule has 0 aromatic carbocycles. The van der Waals surface area contributed by atoms with Crippen molar-refractivity contribution in [2.45, 2.75) is 26.2 Å². The third kappa shape index (κ3) is 4.43. The highest BCUT2D eigenvalue weighted by Gasteiger charge is 2.02. The van der Waals surface area contributed by atoms with Crippen LogP contribution in [0.5, 0.6) is 0 Å². The Labute approximate surface area is 57.6 Å². The van der Waals surface area contributed by atoms with E-state index in [2.05, 4.69) is 6.92 Å². The summed E-state index contributed by atoms with van der Waals surface area (Å²) in [4.78, 5) is 0. The van der Waals surface area contributed by atoms with Crippen LogP contribution in [0.3, 0.4) is 0 Å². The zero-order chi connectivity index (χ0) is 7.11. The van der Waals surface area contributed by atoms with Gasteiger partial charge in [0.1, 0.15) is 0 Å². The van der Waals surface area contributed by atoms with Gasteiger partial charge in [0.25, 0.3) is 0 Å². The molecule has 0 aromatic heterocycles. The van der Waals surface area contributed by atoms with Crippen molar-refractivity contribution >= 4 is 0 Å². The largest absolute Gasteiger partial charge is 0.330 e. The molecule has 0 aliphatic heterocycles. The van der Waals surface area contributed by atoms with Gasteiger partial charge in [-0.25, -0.2) is 0 Å². The molecule has 0 heterocycles. The van der Waals surface area contributed by atoms with Gasteiger partial charge in [-0.1, -0.05) is 6.92 Å². The molecule has 0 aliphatic rings. The van der Waals surface area contributed by atoms with Crippen LogP contribution in [0.25, 0.3) is 0 Å². The van der Waals surface area contributed by atoms with Gasteiger partial charge in [0, 0.05) is 0 Å². The first kappa shape index (κ1) is 8.92. The molecule has 2 nitrogen and oxygen atoms in total. The predicted molar refractivity (Wildman–Crippen MR) is 40.9 cm³/mol. The first-order valence-corrected chi connectivity index (χ1v) is 3.58. The third-order valence-electron chi connectivity index (χ3n) is 1.50. The summed E-state index contributed by atoms with van der Waals surface area (Å²) in [5.41, 5.74) is 10.7. The monoisotopic (exact) mass is 129 g/mol. The smallest absolute Gasteiger partial charge is 0.00718 e. The highest BCUT2D eigenvalue weighted by Crippen LogP contribution is 2.12. The molecule has 2 heteroatoms. The van der Waals surface area contributed by atoms with Crippen LogP contribution in [-0.4, -0.2) is 13.1 Å². The van der Waals surface area contributed by atoms with E-state index in [-0.39, 0.29) is 0 Å². The molecule has 0 amide bonds. The van der Waals surface area contributed by atoms with Gasteiger partial charge in [0.05, 0.1) is 0 Å². The quantitative estimate of drug-likeness (QED) is 0.573. The molecule has 55 valence electrons. The Morgan fingerprint density at radius 3 is 1.78 bits per heavy atom. The first-order chi connectivity index (χ1) is 4.35. The van der Waals surface area contributed by atoms with Gasteiger partial charge in [-0.15, -0.1) is 0 Å². The van der Waals surface area contributed by atoms with E-state index in [4.69, 9.17) is 11.5 Å². The van der Waals surface area contributed by atoms with E-state index in [9.17, 15) is 0 Å². The van der Waals surface area contributed by atoms with Crippen molar-refractivity contribution in [1.82, 2.24) is 0 Å². The van der Waals surface area contributed by atoms with E-state index in [1.54, 1.807) is 0 Å². The van der Waals surface area contributed by atoms with Crippen molar-refractivity contribution < 1.29 is 0 Å². The van der Waals surface area contributed by atoms with Gasteiger partial charge >= 0.3 is 0 Å². The second-order valence-corrected chi connectivity index (χ2v) is 2.18. The molecule has 0 spiro atoms. The zero-order valence-corrected chi connectivity index (χ0v) is 6.19. The summed E-state index contributed by atoms with van der Waals surface area (Å²) in [6, 6.07) is 0. The van der Waals surface area contributed by atoms with Gasteiger partial charge in [0.15, 0.2) is 0 Å². The molecule has 0 rings (SSSR count). The number of hydrogen-bond acceptors (Lipinski definition) is 2. The average molecular weight is 129 g/mol. The fourth-order valence-electron chi connectivity index (χ4n) is 0.887. The minimum absolute atomic E-state index is 0.767. The van der Waals surface area contributed by atoms with Crippen LogP contribution < -0.4 is 11.5 Å². The molecule has 0 fully saturated rings. The Morgan fingerprint density at radius 2 is 1.56 bits per heavy atom. The Bertz CT molecular complexity index is 48.9. The zero-order valence-electron chi connectivity index (χ0n) is 6.19. The fourth-order valence-corrected chi connectivity index (χ4v) is 0.887. The second kappa shape index (κ2) is 6.05. The molecule has 0 saturated heterocycles. The van der Waals surface area contributed by atoms with Crippen LogP contribution in [-0.2, 0) is 0 Å². The fraction of sp³-hybridized carbons (Fsp3) is 0.857. The lowest BCUT2D eigenvalue weighted by atomic mass is 9.99. The number of rotatable bonds is 5. The number of hydrogen-bond donors (Lipinski definition) is 2. The Morgan fingerprint density at radius 1 is 1.11 bits per heavy atom. The normalized spacial score (nSPS) is 10.7. The number of nitrogens with two attached hydrogens (primary N) is 2. The molecule has 0 unspecified atom stereocenters. The van der Waals surface area contributed by atoms with Gasteiger partial charge in [-0.05, 0) is 38.3 Å². The maximum Gasteiger partial charge on any atom is -0.00718 e. The van der Waals surface area contributed by atoms with Crippen LogP contribution in [0, 0.1) is 5.92 Å². The Hall–Kier alpha value is -0.0800. The van der Waals surface area contributed by atoms with Crippen LogP contribution >= 0.6 is 0 Å². The molecule has 0 bridgehead atoms. The van der Waals surface area contributed by atoms with Gasteiger partial charge in [-0.3, -0.25) is 0 Å². The SMILES string of the molecule is CC[C](CCN)CCN. The molecule has 0 saturated carbocycles. The van der Waals surface area contributed by atoms with E-state index in [1.165, 1.54) is 5.92 Å². The molecule has 1 radical (unpaired) electrons. The van der Waals surface area contributed by atoms with Gasteiger partial charge in [-0.2, -0.15) is 0 Å². The van der Waals surface area contributed by atoms with Crippen molar-refractivity contribution in [3.63, 3.8) is 0 Å². The minimum Gasteiger partial charge on any atom is -0.330 e. The highest BCUT2D eigenvalue weighted by atomic mass is 14.5. The third-order valence-corrected chi connectivity index (χ3v) is 1.50. The summed E-state index contributed by atoms with van der Waals surface area (Å²) in [7, 11) is 0. The molecule has 0 aliphatic carbocycles. The molecular formula is C7H17N2. The van der Waals surface area contributed by atoms with Crippen molar-refractivity contribution in [3.05, 3.63) is 5.92 Å². The summed E-state index contributed by atoms with van der Waals surface area (Å²) in [5, 5.41) is 0. The van der Waals surface area contributed by atoms with E-state index in [0.717, 1.165) is 32.4 Å². The Kier molecular flexibility index (Phi) is 5.99. The van der Waals surface area contributed by atoms with Crippen molar-refractivity contribution in [3.8, 4) is 0 Å². The molecule has 4 N–H and O–H groups in total. The maximum atomic E-state index is 5.37. The van der Waals surface area contributed by atoms with Crippen LogP contribution in [0.1, 0.15) is 26.2 Å². The van der Waals surface area contributed by atoms with Crippen LogP contribution in [0.15, 0.2) is 0 Å². The summed E-state index contributed by atoms with van der Waals surface area (Å²) in [6.45, 7) is 3.69. The summed E-state index contributed by atoms with van der Waals surface area (Å²) >= 11 is 0. The average Bonchev–Trinajstić information content (AvgIpc) is 1.88. The molecular weight excluding hydrogens is 112 g/mol. The first-order valence-electron chi connectivity index (χ1n) is 3.58. The Balaban J connectivity index is 3.18. The van der Waals surface area contributed by atoms with Crippen LogP contribution in [0.4, 0.5) is 0 Å². The highest BCUT2D eigenvalue weighted by molar-refractivity contribution is 4.88. The van der Waals surface area contributed by atoms with Crippen LogP contribution in [0.2, 0.25) is 0 Å². The summed E-state index contributed by atoms with van der Waals surface area (Å²) in [5.74, 6) is 1.50.